The normalized spacial score (nSPS) is 16.1. The Balaban J connectivity index is 1.73. The van der Waals surface area contributed by atoms with E-state index in [9.17, 15) is 13.6 Å². The highest BCUT2D eigenvalue weighted by molar-refractivity contribution is 6.12. The second-order valence-electron chi connectivity index (χ2n) is 6.47. The molecule has 2 heterocycles. The first kappa shape index (κ1) is 15.7. The predicted octanol–water partition coefficient (Wildman–Crippen LogP) is 4.59. The number of benzene rings is 3. The molecule has 1 N–H and O–H groups in total. The van der Waals surface area contributed by atoms with Crippen LogP contribution in [0.2, 0.25) is 0 Å². The van der Waals surface area contributed by atoms with Crippen molar-refractivity contribution in [1.29, 1.82) is 0 Å². The lowest BCUT2D eigenvalue weighted by Gasteiger charge is -2.26. The third kappa shape index (κ3) is 2.41. The van der Waals surface area contributed by atoms with E-state index in [0.717, 1.165) is 22.7 Å². The van der Waals surface area contributed by atoms with Crippen molar-refractivity contribution in [2.45, 2.75) is 6.04 Å². The Labute approximate surface area is 153 Å². The van der Waals surface area contributed by atoms with Crippen molar-refractivity contribution in [3.63, 3.8) is 0 Å². The number of hydrogen-bond acceptors (Lipinski definition) is 2. The number of nitrogens with zero attached hydrogens (tertiary/aromatic N) is 2. The third-order valence-electron chi connectivity index (χ3n) is 4.85. The first-order valence-electron chi connectivity index (χ1n) is 8.43. The largest absolute Gasteiger partial charge is 0.345 e. The first-order valence-corrected chi connectivity index (χ1v) is 8.43. The maximum Gasteiger partial charge on any atom is 0.259 e. The Hall–Kier alpha value is -3.54. The zero-order valence-electron chi connectivity index (χ0n) is 14.0. The van der Waals surface area contributed by atoms with Crippen LogP contribution in [0.1, 0.15) is 27.5 Å². The van der Waals surface area contributed by atoms with E-state index in [4.69, 9.17) is 0 Å². The van der Waals surface area contributed by atoms with Gasteiger partial charge in [-0.05, 0) is 47.5 Å². The summed E-state index contributed by atoms with van der Waals surface area (Å²) in [7, 11) is 0. The molecule has 4 aromatic rings. The number of H-pyrrole nitrogens is 1. The van der Waals surface area contributed by atoms with Gasteiger partial charge in [0.1, 0.15) is 11.6 Å². The van der Waals surface area contributed by atoms with Gasteiger partial charge in [-0.1, -0.05) is 18.2 Å². The van der Waals surface area contributed by atoms with Crippen molar-refractivity contribution < 1.29 is 13.6 Å². The first-order chi connectivity index (χ1) is 13.1. The number of fused-ring (bicyclic) bond motifs is 2. The summed E-state index contributed by atoms with van der Waals surface area (Å²) in [6.07, 6.45) is 1.58. The molecule has 0 aliphatic carbocycles. The van der Waals surface area contributed by atoms with Gasteiger partial charge in [0.2, 0.25) is 0 Å². The number of aromatic amines is 1. The van der Waals surface area contributed by atoms with Gasteiger partial charge >= 0.3 is 0 Å². The minimum Gasteiger partial charge on any atom is -0.345 e. The highest BCUT2D eigenvalue weighted by Gasteiger charge is 2.38. The number of aromatic nitrogens is 2. The quantitative estimate of drug-likeness (QED) is 0.568. The Morgan fingerprint density at radius 3 is 2.56 bits per heavy atom. The standard InChI is InChI=1S/C21H13F2N3O/c22-13-7-12(8-14(23)9-13)20-16-3-1-2-4-17(16)21(27)26(20)15-5-6-18-19(10-15)25-11-24-18/h1-11,20H,(H,24,25). The summed E-state index contributed by atoms with van der Waals surface area (Å²) in [6, 6.07) is 15.3. The van der Waals surface area contributed by atoms with Crippen LogP contribution in [-0.4, -0.2) is 15.9 Å². The topological polar surface area (TPSA) is 49.0 Å². The minimum atomic E-state index is -0.675. The fraction of sp³-hybridized carbons (Fsp3) is 0.0476. The molecule has 1 unspecified atom stereocenters. The predicted molar refractivity (Wildman–Crippen MR) is 97.5 cm³/mol. The van der Waals surface area contributed by atoms with Gasteiger partial charge in [-0.2, -0.15) is 0 Å². The third-order valence-corrected chi connectivity index (χ3v) is 4.85. The minimum absolute atomic E-state index is 0.209. The summed E-state index contributed by atoms with van der Waals surface area (Å²) < 4.78 is 27.8. The summed E-state index contributed by atoms with van der Waals surface area (Å²) >= 11 is 0. The molecule has 0 bridgehead atoms. The summed E-state index contributed by atoms with van der Waals surface area (Å²) in [5, 5.41) is 0. The van der Waals surface area contributed by atoms with Gasteiger partial charge in [0, 0.05) is 17.3 Å². The lowest BCUT2D eigenvalue weighted by Crippen LogP contribution is -2.28. The van der Waals surface area contributed by atoms with E-state index in [0.29, 0.717) is 16.8 Å². The van der Waals surface area contributed by atoms with Crippen molar-refractivity contribution in [2.24, 2.45) is 0 Å². The van der Waals surface area contributed by atoms with Gasteiger partial charge in [0.05, 0.1) is 23.4 Å². The highest BCUT2D eigenvalue weighted by atomic mass is 19.1. The van der Waals surface area contributed by atoms with E-state index in [-0.39, 0.29) is 5.91 Å². The van der Waals surface area contributed by atoms with Gasteiger partial charge in [-0.3, -0.25) is 9.69 Å². The summed E-state index contributed by atoms with van der Waals surface area (Å²) in [5.41, 5.74) is 3.81. The number of halogens is 2. The molecule has 0 saturated carbocycles. The molecule has 1 amide bonds. The molecule has 1 aliphatic heterocycles. The zero-order chi connectivity index (χ0) is 18.5. The zero-order valence-corrected chi connectivity index (χ0v) is 14.0. The lowest BCUT2D eigenvalue weighted by molar-refractivity contribution is 0.0993. The van der Waals surface area contributed by atoms with Crippen LogP contribution < -0.4 is 4.90 Å². The van der Waals surface area contributed by atoms with E-state index < -0.39 is 17.7 Å². The maximum absolute atomic E-state index is 13.9. The SMILES string of the molecule is O=C1c2ccccc2C(c2cc(F)cc(F)c2)N1c1ccc2nc[nH]c2c1. The average Bonchev–Trinajstić information content (AvgIpc) is 3.23. The molecule has 3 aromatic carbocycles. The molecule has 1 aromatic heterocycles. The molecule has 1 atom stereocenters. The fourth-order valence-corrected chi connectivity index (χ4v) is 3.72. The van der Waals surface area contributed by atoms with Crippen molar-refractivity contribution in [3.8, 4) is 0 Å². The smallest absolute Gasteiger partial charge is 0.259 e. The Morgan fingerprint density at radius 1 is 0.963 bits per heavy atom. The highest BCUT2D eigenvalue weighted by Crippen LogP contribution is 2.42. The molecule has 6 heteroatoms. The number of carbonyl (C=O) groups excluding carboxylic acids is 1. The van der Waals surface area contributed by atoms with Crippen LogP contribution in [0, 0.1) is 11.6 Å². The molecule has 5 rings (SSSR count). The number of carbonyl (C=O) groups is 1. The molecule has 0 spiro atoms. The van der Waals surface area contributed by atoms with Crippen molar-refractivity contribution in [1.82, 2.24) is 9.97 Å². The lowest BCUT2D eigenvalue weighted by atomic mass is 9.97. The van der Waals surface area contributed by atoms with Gasteiger partial charge in [0.15, 0.2) is 0 Å². The molecule has 0 saturated heterocycles. The van der Waals surface area contributed by atoms with Crippen LogP contribution in [0.4, 0.5) is 14.5 Å². The molecular weight excluding hydrogens is 348 g/mol. The van der Waals surface area contributed by atoms with Gasteiger partial charge in [-0.15, -0.1) is 0 Å². The summed E-state index contributed by atoms with van der Waals surface area (Å²) in [6.45, 7) is 0. The van der Waals surface area contributed by atoms with Crippen molar-refractivity contribution in [2.75, 3.05) is 4.90 Å². The molecule has 4 nitrogen and oxygen atoms in total. The summed E-state index contributed by atoms with van der Waals surface area (Å²) in [5.74, 6) is -1.56. The number of amides is 1. The Morgan fingerprint density at radius 2 is 1.74 bits per heavy atom. The van der Waals surface area contributed by atoms with Crippen LogP contribution in [-0.2, 0) is 0 Å². The number of imidazole rings is 1. The van der Waals surface area contributed by atoms with E-state index in [2.05, 4.69) is 9.97 Å². The molecule has 0 radical (unpaired) electrons. The maximum atomic E-state index is 13.9. The van der Waals surface area contributed by atoms with E-state index in [1.807, 2.05) is 18.2 Å². The van der Waals surface area contributed by atoms with Crippen LogP contribution in [0.25, 0.3) is 11.0 Å². The van der Waals surface area contributed by atoms with E-state index >= 15 is 0 Å². The Bertz CT molecular complexity index is 1180. The number of hydrogen-bond donors (Lipinski definition) is 1. The Kier molecular flexibility index (Phi) is 3.33. The van der Waals surface area contributed by atoms with Gasteiger partial charge in [-0.25, -0.2) is 13.8 Å². The van der Waals surface area contributed by atoms with Crippen molar-refractivity contribution >= 4 is 22.6 Å². The molecular formula is C21H13F2N3O. The monoisotopic (exact) mass is 361 g/mol. The summed E-state index contributed by atoms with van der Waals surface area (Å²) in [4.78, 5) is 21.9. The van der Waals surface area contributed by atoms with E-state index in [1.54, 1.807) is 35.5 Å². The van der Waals surface area contributed by atoms with Crippen LogP contribution in [0.3, 0.4) is 0 Å². The molecule has 1 aliphatic rings. The molecule has 0 fully saturated rings. The second kappa shape index (κ2) is 5.74. The molecule has 27 heavy (non-hydrogen) atoms. The number of anilines is 1. The second-order valence-corrected chi connectivity index (χ2v) is 6.47. The molecule has 132 valence electrons. The van der Waals surface area contributed by atoms with Gasteiger partial charge < -0.3 is 4.98 Å². The number of rotatable bonds is 2. The van der Waals surface area contributed by atoms with E-state index in [1.165, 1.54) is 12.1 Å². The fourth-order valence-electron chi connectivity index (χ4n) is 3.72. The van der Waals surface area contributed by atoms with Crippen LogP contribution in [0.15, 0.2) is 67.0 Å². The van der Waals surface area contributed by atoms with Crippen LogP contribution in [0.5, 0.6) is 0 Å². The van der Waals surface area contributed by atoms with Crippen molar-refractivity contribution in [3.05, 3.63) is 95.3 Å². The van der Waals surface area contributed by atoms with Crippen LogP contribution >= 0.6 is 0 Å². The van der Waals surface area contributed by atoms with Gasteiger partial charge in [0.25, 0.3) is 5.91 Å². The number of nitrogens with one attached hydrogen (secondary N) is 1. The average molecular weight is 361 g/mol.